The molecular weight excluding hydrogens is 237 g/mol. The SMILES string of the molecule is C=C(Cl)CCCc1cccc(C(F)(F)F)c1. The summed E-state index contributed by atoms with van der Waals surface area (Å²) in [5.74, 6) is 0. The largest absolute Gasteiger partial charge is 0.416 e. The summed E-state index contributed by atoms with van der Waals surface area (Å²) < 4.78 is 37.1. The van der Waals surface area contributed by atoms with Gasteiger partial charge in [-0.2, -0.15) is 13.2 Å². The Kier molecular flexibility index (Phi) is 4.42. The van der Waals surface area contributed by atoms with Gasteiger partial charge in [-0.05, 0) is 30.9 Å². The van der Waals surface area contributed by atoms with Crippen LogP contribution in [0.25, 0.3) is 0 Å². The molecule has 0 N–H and O–H groups in total. The van der Waals surface area contributed by atoms with Gasteiger partial charge in [0.1, 0.15) is 0 Å². The van der Waals surface area contributed by atoms with E-state index in [1.54, 1.807) is 6.07 Å². The number of aryl methyl sites for hydroxylation is 1. The molecule has 1 rings (SSSR count). The van der Waals surface area contributed by atoms with Gasteiger partial charge < -0.3 is 0 Å². The van der Waals surface area contributed by atoms with Crippen LogP contribution in [0.5, 0.6) is 0 Å². The van der Waals surface area contributed by atoms with Gasteiger partial charge in [0, 0.05) is 5.03 Å². The minimum absolute atomic E-state index is 0.534. The Labute approximate surface area is 97.7 Å². The third-order valence-electron chi connectivity index (χ3n) is 2.17. The first kappa shape index (κ1) is 13.1. The van der Waals surface area contributed by atoms with Gasteiger partial charge in [-0.1, -0.05) is 36.4 Å². The summed E-state index contributed by atoms with van der Waals surface area (Å²) in [7, 11) is 0. The van der Waals surface area contributed by atoms with E-state index < -0.39 is 11.7 Å². The Bertz CT molecular complexity index is 369. The molecule has 0 amide bonds. The van der Waals surface area contributed by atoms with Crippen LogP contribution in [-0.2, 0) is 12.6 Å². The number of hydrogen-bond acceptors (Lipinski definition) is 0. The average Bonchev–Trinajstić information content (AvgIpc) is 2.16. The van der Waals surface area contributed by atoms with Crippen LogP contribution in [0.4, 0.5) is 13.2 Å². The Morgan fingerprint density at radius 3 is 2.56 bits per heavy atom. The molecule has 0 spiro atoms. The maximum Gasteiger partial charge on any atom is 0.416 e. The predicted molar refractivity (Wildman–Crippen MR) is 59.4 cm³/mol. The van der Waals surface area contributed by atoms with Crippen LogP contribution in [0.2, 0.25) is 0 Å². The number of alkyl halides is 3. The Hall–Kier alpha value is -0.960. The smallest absolute Gasteiger partial charge is 0.166 e. The van der Waals surface area contributed by atoms with Crippen molar-refractivity contribution >= 4 is 11.6 Å². The van der Waals surface area contributed by atoms with Crippen LogP contribution in [-0.4, -0.2) is 0 Å². The monoisotopic (exact) mass is 248 g/mol. The lowest BCUT2D eigenvalue weighted by Gasteiger charge is -2.08. The molecule has 0 bridgehead atoms. The fourth-order valence-corrected chi connectivity index (χ4v) is 1.52. The highest BCUT2D eigenvalue weighted by Gasteiger charge is 2.30. The zero-order valence-electron chi connectivity index (χ0n) is 8.65. The number of benzene rings is 1. The molecule has 16 heavy (non-hydrogen) atoms. The van der Waals surface area contributed by atoms with Crippen molar-refractivity contribution in [2.75, 3.05) is 0 Å². The van der Waals surface area contributed by atoms with Crippen LogP contribution in [0.15, 0.2) is 35.9 Å². The number of rotatable bonds is 4. The summed E-state index contributed by atoms with van der Waals surface area (Å²) in [5, 5.41) is 0.534. The molecule has 0 aliphatic heterocycles. The number of hydrogen-bond donors (Lipinski definition) is 0. The molecule has 0 saturated heterocycles. The zero-order chi connectivity index (χ0) is 12.2. The molecule has 0 heterocycles. The van der Waals surface area contributed by atoms with Crippen LogP contribution in [0.1, 0.15) is 24.0 Å². The van der Waals surface area contributed by atoms with Crippen molar-refractivity contribution < 1.29 is 13.2 Å². The second-order valence-electron chi connectivity index (χ2n) is 3.57. The van der Waals surface area contributed by atoms with Gasteiger partial charge in [-0.15, -0.1) is 0 Å². The zero-order valence-corrected chi connectivity index (χ0v) is 9.41. The van der Waals surface area contributed by atoms with Crippen LogP contribution < -0.4 is 0 Å². The quantitative estimate of drug-likeness (QED) is 0.719. The van der Waals surface area contributed by atoms with Gasteiger partial charge in [0.2, 0.25) is 0 Å². The van der Waals surface area contributed by atoms with Crippen molar-refractivity contribution in [1.82, 2.24) is 0 Å². The van der Waals surface area contributed by atoms with Crippen LogP contribution >= 0.6 is 11.6 Å². The van der Waals surface area contributed by atoms with Crippen molar-refractivity contribution in [3.8, 4) is 0 Å². The molecular formula is C12H12ClF3. The summed E-state index contributed by atoms with van der Waals surface area (Å²) in [6.07, 6.45) is -2.36. The number of halogens is 4. The van der Waals surface area contributed by atoms with Gasteiger partial charge >= 0.3 is 6.18 Å². The highest BCUT2D eigenvalue weighted by Crippen LogP contribution is 2.29. The number of allylic oxidation sites excluding steroid dienone is 1. The van der Waals surface area contributed by atoms with E-state index in [-0.39, 0.29) is 0 Å². The normalized spacial score (nSPS) is 11.5. The lowest BCUT2D eigenvalue weighted by Crippen LogP contribution is -2.05. The standard InChI is InChI=1S/C12H12ClF3/c1-9(13)4-2-5-10-6-3-7-11(8-10)12(14,15)16/h3,6-8H,1-2,4-5H2. The Balaban J connectivity index is 2.64. The van der Waals surface area contributed by atoms with Crippen LogP contribution in [0.3, 0.4) is 0 Å². The molecule has 4 heteroatoms. The summed E-state index contributed by atoms with van der Waals surface area (Å²) in [6.45, 7) is 3.53. The van der Waals surface area contributed by atoms with E-state index in [9.17, 15) is 13.2 Å². The van der Waals surface area contributed by atoms with Gasteiger partial charge in [0.25, 0.3) is 0 Å². The molecule has 0 aromatic heterocycles. The van der Waals surface area contributed by atoms with E-state index in [2.05, 4.69) is 6.58 Å². The molecule has 0 saturated carbocycles. The lowest BCUT2D eigenvalue weighted by atomic mass is 10.1. The summed E-state index contributed by atoms with van der Waals surface area (Å²) in [6, 6.07) is 5.36. The summed E-state index contributed by atoms with van der Waals surface area (Å²) >= 11 is 5.57. The fraction of sp³-hybridized carbons (Fsp3) is 0.333. The minimum Gasteiger partial charge on any atom is -0.166 e. The van der Waals surface area contributed by atoms with Crippen LogP contribution in [0, 0.1) is 0 Å². The van der Waals surface area contributed by atoms with E-state index in [0.29, 0.717) is 29.9 Å². The summed E-state index contributed by atoms with van der Waals surface area (Å²) in [5.41, 5.74) is 0.0717. The lowest BCUT2D eigenvalue weighted by molar-refractivity contribution is -0.137. The fourth-order valence-electron chi connectivity index (χ4n) is 1.39. The van der Waals surface area contributed by atoms with Gasteiger partial charge in [0.15, 0.2) is 0 Å². The van der Waals surface area contributed by atoms with Crippen molar-refractivity contribution in [3.05, 3.63) is 47.0 Å². The Morgan fingerprint density at radius 2 is 2.00 bits per heavy atom. The highest BCUT2D eigenvalue weighted by atomic mass is 35.5. The topological polar surface area (TPSA) is 0 Å². The van der Waals surface area contributed by atoms with E-state index >= 15 is 0 Å². The van der Waals surface area contributed by atoms with Crippen molar-refractivity contribution in [1.29, 1.82) is 0 Å². The maximum atomic E-state index is 12.4. The average molecular weight is 249 g/mol. The predicted octanol–water partition coefficient (Wildman–Crippen LogP) is 4.78. The Morgan fingerprint density at radius 1 is 1.31 bits per heavy atom. The van der Waals surface area contributed by atoms with Gasteiger partial charge in [-0.3, -0.25) is 0 Å². The third kappa shape index (κ3) is 4.27. The molecule has 0 unspecified atom stereocenters. The molecule has 0 nitrogen and oxygen atoms in total. The van der Waals surface area contributed by atoms with E-state index in [1.165, 1.54) is 12.1 Å². The molecule has 0 aliphatic rings. The maximum absolute atomic E-state index is 12.4. The summed E-state index contributed by atoms with van der Waals surface area (Å²) in [4.78, 5) is 0. The van der Waals surface area contributed by atoms with Gasteiger partial charge in [-0.25, -0.2) is 0 Å². The molecule has 0 atom stereocenters. The van der Waals surface area contributed by atoms with Crippen molar-refractivity contribution in [2.24, 2.45) is 0 Å². The molecule has 0 radical (unpaired) electrons. The first-order chi connectivity index (χ1) is 7.39. The second kappa shape index (κ2) is 5.39. The molecule has 1 aromatic rings. The first-order valence-electron chi connectivity index (χ1n) is 4.89. The third-order valence-corrected chi connectivity index (χ3v) is 2.36. The van der Waals surface area contributed by atoms with Gasteiger partial charge in [0.05, 0.1) is 5.56 Å². The van der Waals surface area contributed by atoms with E-state index in [4.69, 9.17) is 11.6 Å². The second-order valence-corrected chi connectivity index (χ2v) is 4.10. The molecule has 0 fully saturated rings. The van der Waals surface area contributed by atoms with E-state index in [1.807, 2.05) is 0 Å². The first-order valence-corrected chi connectivity index (χ1v) is 5.27. The van der Waals surface area contributed by atoms with Crippen molar-refractivity contribution in [3.63, 3.8) is 0 Å². The van der Waals surface area contributed by atoms with E-state index in [0.717, 1.165) is 6.07 Å². The molecule has 88 valence electrons. The highest BCUT2D eigenvalue weighted by molar-refractivity contribution is 6.29. The van der Waals surface area contributed by atoms with Crippen molar-refractivity contribution in [2.45, 2.75) is 25.4 Å². The minimum atomic E-state index is -4.27. The molecule has 1 aromatic carbocycles. The molecule has 0 aliphatic carbocycles.